The van der Waals surface area contributed by atoms with Crippen molar-refractivity contribution in [2.75, 3.05) is 12.4 Å². The lowest BCUT2D eigenvalue weighted by molar-refractivity contribution is 0.417. The number of methoxy groups -OCH3 is 1. The maximum Gasteiger partial charge on any atom is 0.181 e. The van der Waals surface area contributed by atoms with Gasteiger partial charge in [0.1, 0.15) is 5.75 Å². The Morgan fingerprint density at radius 3 is 2.79 bits per heavy atom. The Labute approximate surface area is 111 Å². The van der Waals surface area contributed by atoms with Gasteiger partial charge in [0.05, 0.1) is 25.3 Å². The molecular formula is C14H12N4O. The molecule has 0 saturated carbocycles. The molecule has 2 aromatic rings. The quantitative estimate of drug-likeness (QED) is 0.647. The first-order valence-corrected chi connectivity index (χ1v) is 5.67. The molecule has 5 nitrogen and oxygen atoms in total. The van der Waals surface area contributed by atoms with E-state index in [0.717, 1.165) is 17.0 Å². The smallest absolute Gasteiger partial charge is 0.181 e. The third-order valence-electron chi connectivity index (χ3n) is 2.72. The Morgan fingerprint density at radius 1 is 1.26 bits per heavy atom. The molecule has 0 spiro atoms. The van der Waals surface area contributed by atoms with Crippen molar-refractivity contribution in [3.05, 3.63) is 36.0 Å². The van der Waals surface area contributed by atoms with Crippen LogP contribution in [0.25, 0.3) is 11.3 Å². The summed E-state index contributed by atoms with van der Waals surface area (Å²) in [6, 6.07) is 11.4. The summed E-state index contributed by atoms with van der Waals surface area (Å²) in [6.45, 7) is 0. The number of H-pyrrole nitrogens is 1. The number of ether oxygens (including phenoxy) is 1. The maximum atomic E-state index is 8.65. The van der Waals surface area contributed by atoms with E-state index in [4.69, 9.17) is 15.3 Å². The largest absolute Gasteiger partial charge is 0.495 e. The van der Waals surface area contributed by atoms with E-state index in [9.17, 15) is 0 Å². The van der Waals surface area contributed by atoms with Crippen molar-refractivity contribution in [1.82, 2.24) is 4.98 Å². The van der Waals surface area contributed by atoms with E-state index in [2.05, 4.69) is 16.4 Å². The lowest BCUT2D eigenvalue weighted by Gasteiger charge is -2.08. The molecule has 1 heterocycles. The number of nitriles is 2. The van der Waals surface area contributed by atoms with Gasteiger partial charge in [-0.05, 0) is 24.3 Å². The van der Waals surface area contributed by atoms with Crippen LogP contribution in [-0.2, 0) is 6.42 Å². The van der Waals surface area contributed by atoms with Gasteiger partial charge < -0.3 is 9.72 Å². The molecule has 5 heteroatoms. The van der Waals surface area contributed by atoms with Crippen molar-refractivity contribution in [2.45, 2.75) is 6.42 Å². The van der Waals surface area contributed by atoms with Crippen molar-refractivity contribution in [1.29, 1.82) is 10.5 Å². The maximum absolute atomic E-state index is 8.65. The number of hydrogen-bond acceptors (Lipinski definition) is 4. The molecule has 0 fully saturated rings. The number of aromatic amines is 1. The van der Waals surface area contributed by atoms with Gasteiger partial charge in [-0.1, -0.05) is 6.07 Å². The summed E-state index contributed by atoms with van der Waals surface area (Å²) in [5, 5.41) is 19.8. The molecule has 94 valence electrons. The number of nitrogens with one attached hydrogen (secondary N) is 2. The lowest BCUT2D eigenvalue weighted by atomic mass is 10.1. The topological polar surface area (TPSA) is 84.6 Å². The molecule has 2 N–H and O–H groups in total. The first kappa shape index (κ1) is 12.5. The number of nitrogens with zero attached hydrogens (tertiary/aromatic N) is 2. The molecule has 0 aliphatic heterocycles. The van der Waals surface area contributed by atoms with E-state index in [-0.39, 0.29) is 0 Å². The highest BCUT2D eigenvalue weighted by Gasteiger charge is 2.07. The van der Waals surface area contributed by atoms with E-state index in [1.54, 1.807) is 13.2 Å². The number of anilines is 1. The highest BCUT2D eigenvalue weighted by Crippen LogP contribution is 2.30. The van der Waals surface area contributed by atoms with Crippen LogP contribution in [-0.4, -0.2) is 12.1 Å². The first-order valence-electron chi connectivity index (χ1n) is 5.67. The fourth-order valence-corrected chi connectivity index (χ4v) is 1.82. The fraction of sp³-hybridized carbons (Fsp3) is 0.143. The van der Waals surface area contributed by atoms with E-state index in [1.807, 2.05) is 30.5 Å². The minimum atomic E-state index is 0.352. The van der Waals surface area contributed by atoms with Gasteiger partial charge in [0.15, 0.2) is 6.19 Å². The summed E-state index contributed by atoms with van der Waals surface area (Å²) < 4.78 is 5.23. The van der Waals surface area contributed by atoms with Crippen LogP contribution in [0.3, 0.4) is 0 Å². The zero-order valence-electron chi connectivity index (χ0n) is 10.4. The van der Waals surface area contributed by atoms with Gasteiger partial charge in [0.2, 0.25) is 0 Å². The summed E-state index contributed by atoms with van der Waals surface area (Å²) >= 11 is 0. The first-order chi connectivity index (χ1) is 9.28. The Hall–Kier alpha value is -2.92. The van der Waals surface area contributed by atoms with E-state index in [1.165, 1.54) is 0 Å². The Bertz CT molecular complexity index is 661. The zero-order chi connectivity index (χ0) is 13.7. The van der Waals surface area contributed by atoms with Gasteiger partial charge in [0.25, 0.3) is 0 Å². The Morgan fingerprint density at radius 2 is 2.11 bits per heavy atom. The summed E-state index contributed by atoms with van der Waals surface area (Å²) in [5.74, 6) is 0.593. The van der Waals surface area contributed by atoms with Gasteiger partial charge in [-0.2, -0.15) is 10.5 Å². The van der Waals surface area contributed by atoms with Crippen LogP contribution in [0.5, 0.6) is 5.75 Å². The zero-order valence-corrected chi connectivity index (χ0v) is 10.4. The molecule has 0 unspecified atom stereocenters. The van der Waals surface area contributed by atoms with Gasteiger partial charge >= 0.3 is 0 Å². The fourth-order valence-electron chi connectivity index (χ4n) is 1.82. The third-order valence-corrected chi connectivity index (χ3v) is 2.72. The second kappa shape index (κ2) is 5.61. The van der Waals surface area contributed by atoms with Crippen LogP contribution in [0.2, 0.25) is 0 Å². The molecule has 0 amide bonds. The van der Waals surface area contributed by atoms with E-state index < -0.39 is 0 Å². The second-order valence-electron chi connectivity index (χ2n) is 3.88. The van der Waals surface area contributed by atoms with Gasteiger partial charge in [0, 0.05) is 17.0 Å². The predicted octanol–water partition coefficient (Wildman–Crippen LogP) is 2.65. The molecule has 2 rings (SSSR count). The molecule has 1 aromatic heterocycles. The molecule has 0 saturated heterocycles. The summed E-state index contributed by atoms with van der Waals surface area (Å²) in [5.41, 5.74) is 3.34. The predicted molar refractivity (Wildman–Crippen MR) is 71.3 cm³/mol. The molecule has 0 aliphatic carbocycles. The Balaban J connectivity index is 2.35. The van der Waals surface area contributed by atoms with E-state index in [0.29, 0.717) is 17.9 Å². The van der Waals surface area contributed by atoms with Gasteiger partial charge in [-0.25, -0.2) is 0 Å². The average Bonchev–Trinajstić information content (AvgIpc) is 2.88. The summed E-state index contributed by atoms with van der Waals surface area (Å²) in [6.07, 6.45) is 2.22. The molecule has 1 aromatic carbocycles. The SMILES string of the molecule is COc1cc(-c2ccc(CC#N)[nH]2)ccc1NC#N. The Kier molecular flexibility index (Phi) is 3.70. The molecule has 0 aliphatic rings. The second-order valence-corrected chi connectivity index (χ2v) is 3.88. The minimum absolute atomic E-state index is 0.352. The molecule has 0 bridgehead atoms. The molecular weight excluding hydrogens is 240 g/mol. The average molecular weight is 252 g/mol. The van der Waals surface area contributed by atoms with Crippen LogP contribution in [0.15, 0.2) is 30.3 Å². The highest BCUT2D eigenvalue weighted by molar-refractivity contribution is 5.70. The number of benzene rings is 1. The van der Waals surface area contributed by atoms with Crippen molar-refractivity contribution in [3.63, 3.8) is 0 Å². The van der Waals surface area contributed by atoms with Gasteiger partial charge in [-0.3, -0.25) is 5.32 Å². The van der Waals surface area contributed by atoms with Gasteiger partial charge in [-0.15, -0.1) is 0 Å². The normalized spacial score (nSPS) is 9.42. The van der Waals surface area contributed by atoms with Crippen molar-refractivity contribution >= 4 is 5.69 Å². The highest BCUT2D eigenvalue weighted by atomic mass is 16.5. The summed E-state index contributed by atoms with van der Waals surface area (Å²) in [4.78, 5) is 3.17. The van der Waals surface area contributed by atoms with Crippen LogP contribution < -0.4 is 10.1 Å². The van der Waals surface area contributed by atoms with Crippen LogP contribution >= 0.6 is 0 Å². The molecule has 0 radical (unpaired) electrons. The number of hydrogen-bond donors (Lipinski definition) is 2. The van der Waals surface area contributed by atoms with Crippen LogP contribution in [0.1, 0.15) is 5.69 Å². The number of rotatable bonds is 4. The lowest BCUT2D eigenvalue weighted by Crippen LogP contribution is -1.93. The third kappa shape index (κ3) is 2.67. The molecule has 19 heavy (non-hydrogen) atoms. The minimum Gasteiger partial charge on any atom is -0.495 e. The van der Waals surface area contributed by atoms with Crippen molar-refractivity contribution < 1.29 is 4.74 Å². The van der Waals surface area contributed by atoms with Crippen molar-refractivity contribution in [2.24, 2.45) is 0 Å². The van der Waals surface area contributed by atoms with Crippen LogP contribution in [0, 0.1) is 22.8 Å². The molecule has 0 atom stereocenters. The summed E-state index contributed by atoms with van der Waals surface area (Å²) in [7, 11) is 1.55. The number of aromatic nitrogens is 1. The van der Waals surface area contributed by atoms with Crippen LogP contribution in [0.4, 0.5) is 5.69 Å². The standard InChI is InChI=1S/C14H12N4O/c1-19-14-8-10(2-4-13(14)17-9-16)12-5-3-11(18-12)6-7-15/h2-5,8,17-18H,6H2,1H3. The monoisotopic (exact) mass is 252 g/mol. The van der Waals surface area contributed by atoms with Crippen molar-refractivity contribution in [3.8, 4) is 29.3 Å². The van der Waals surface area contributed by atoms with E-state index >= 15 is 0 Å².